The lowest BCUT2D eigenvalue weighted by atomic mass is 9.68. The first-order valence-electron chi connectivity index (χ1n) is 6.50. The molecule has 0 aromatic heterocycles. The van der Waals surface area contributed by atoms with Crippen molar-refractivity contribution < 1.29 is 29.3 Å². The van der Waals surface area contributed by atoms with Crippen LogP contribution in [-0.2, 0) is 19.1 Å². The topological polar surface area (TPSA) is 93.1 Å². The highest BCUT2D eigenvalue weighted by atomic mass is 16.8. The molecule has 0 radical (unpaired) electrons. The van der Waals surface area contributed by atoms with Crippen LogP contribution in [0.5, 0.6) is 0 Å². The summed E-state index contributed by atoms with van der Waals surface area (Å²) in [6.07, 6.45) is 1.02. The van der Waals surface area contributed by atoms with Gasteiger partial charge < -0.3 is 19.7 Å². The van der Waals surface area contributed by atoms with Gasteiger partial charge in [-0.25, -0.2) is 0 Å². The van der Waals surface area contributed by atoms with Gasteiger partial charge in [0.1, 0.15) is 11.2 Å². The smallest absolute Gasteiger partial charge is 0.311 e. The Bertz CT molecular complexity index is 475. The molecule has 1 heterocycles. The zero-order valence-corrected chi connectivity index (χ0v) is 10.9. The maximum Gasteiger partial charge on any atom is 0.311 e. The fraction of sp³-hybridized carbons (Fsp3) is 0.846. The molecule has 5 fully saturated rings. The van der Waals surface area contributed by atoms with Gasteiger partial charge in [-0.2, -0.15) is 0 Å². The second-order valence-electron chi connectivity index (χ2n) is 7.07. The minimum atomic E-state index is -1.23. The summed E-state index contributed by atoms with van der Waals surface area (Å²) in [6, 6.07) is 0. The predicted octanol–water partition coefficient (Wildman–Crippen LogP) is 0.990. The Hall–Kier alpha value is -1.14. The van der Waals surface area contributed by atoms with E-state index in [1.54, 1.807) is 13.8 Å². The lowest BCUT2D eigenvalue weighted by molar-refractivity contribution is -0.180. The van der Waals surface area contributed by atoms with Gasteiger partial charge in [0.15, 0.2) is 5.79 Å². The molecule has 6 nitrogen and oxygen atoms in total. The van der Waals surface area contributed by atoms with E-state index in [1.165, 1.54) is 0 Å². The molecule has 19 heavy (non-hydrogen) atoms. The number of carbonyl (C=O) groups is 2. The monoisotopic (exact) mass is 268 g/mol. The summed E-state index contributed by atoms with van der Waals surface area (Å²) in [5.74, 6) is -2.81. The minimum Gasteiger partial charge on any atom is -0.481 e. The molecule has 104 valence electrons. The molecule has 2 N–H and O–H groups in total. The van der Waals surface area contributed by atoms with Crippen LogP contribution in [0.25, 0.3) is 0 Å². The highest BCUT2D eigenvalue weighted by Crippen LogP contribution is 2.84. The van der Waals surface area contributed by atoms with Gasteiger partial charge in [0, 0.05) is 0 Å². The number of aliphatic carboxylic acids is 2. The number of carboxylic acids is 2. The molecule has 0 atom stereocenters. The van der Waals surface area contributed by atoms with Crippen molar-refractivity contribution in [1.29, 1.82) is 0 Å². The van der Waals surface area contributed by atoms with E-state index < -0.39 is 39.8 Å². The molecule has 5 rings (SSSR count). The molecule has 4 saturated carbocycles. The van der Waals surface area contributed by atoms with Crippen LogP contribution >= 0.6 is 0 Å². The Balaban J connectivity index is 1.92. The minimum absolute atomic E-state index is 0.255. The van der Waals surface area contributed by atoms with Crippen molar-refractivity contribution in [2.75, 3.05) is 0 Å². The Morgan fingerprint density at radius 2 is 1.16 bits per heavy atom. The van der Waals surface area contributed by atoms with Gasteiger partial charge in [0.05, 0.1) is 10.8 Å². The van der Waals surface area contributed by atoms with Crippen LogP contribution in [0.1, 0.15) is 39.5 Å². The van der Waals surface area contributed by atoms with Crippen molar-refractivity contribution >= 4 is 11.9 Å². The summed E-state index contributed by atoms with van der Waals surface area (Å²) in [5, 5.41) is 19.2. The normalized spacial score (nSPS) is 55.7. The Morgan fingerprint density at radius 1 is 0.842 bits per heavy atom. The van der Waals surface area contributed by atoms with Crippen LogP contribution < -0.4 is 0 Å². The van der Waals surface area contributed by atoms with E-state index in [9.17, 15) is 19.8 Å². The number of hydrogen-bond acceptors (Lipinski definition) is 4. The molecule has 6 heteroatoms. The van der Waals surface area contributed by atoms with Gasteiger partial charge in [-0.1, -0.05) is 0 Å². The fourth-order valence-electron chi connectivity index (χ4n) is 5.53. The standard InChI is InChI=1S/C13H16O6/c1-9(2)18-12-3-10(7(14)15)4-13(12,19-9)6-11(10,5-12)8(16)17/h3-6H2,1-2H3,(H,14,15)(H,16,17). The van der Waals surface area contributed by atoms with E-state index >= 15 is 0 Å². The maximum atomic E-state index is 11.7. The number of ether oxygens (including phenoxy) is 2. The first-order chi connectivity index (χ1) is 8.63. The van der Waals surface area contributed by atoms with Gasteiger partial charge in [0.2, 0.25) is 0 Å². The highest BCUT2D eigenvalue weighted by Gasteiger charge is 2.93. The summed E-state index contributed by atoms with van der Waals surface area (Å²) >= 11 is 0. The molecular weight excluding hydrogens is 252 g/mol. The first-order valence-corrected chi connectivity index (χ1v) is 6.50. The molecule has 2 spiro atoms. The molecule has 0 amide bonds. The number of rotatable bonds is 2. The second kappa shape index (κ2) is 2.54. The predicted molar refractivity (Wildman–Crippen MR) is 60.3 cm³/mol. The average molecular weight is 268 g/mol. The zero-order valence-electron chi connectivity index (χ0n) is 10.9. The summed E-state index contributed by atoms with van der Waals surface area (Å²) in [7, 11) is 0. The fourth-order valence-corrected chi connectivity index (χ4v) is 5.53. The SMILES string of the molecule is CC1(C)OC23CC4(C(=O)O)CC2(CC4(C(=O)O)C3)O1. The molecule has 4 bridgehead atoms. The van der Waals surface area contributed by atoms with Crippen LogP contribution in [0.2, 0.25) is 0 Å². The molecule has 4 aliphatic carbocycles. The van der Waals surface area contributed by atoms with Gasteiger partial charge in [-0.15, -0.1) is 0 Å². The molecule has 5 aliphatic rings. The Morgan fingerprint density at radius 3 is 1.42 bits per heavy atom. The van der Waals surface area contributed by atoms with Crippen LogP contribution in [0.3, 0.4) is 0 Å². The zero-order chi connectivity index (χ0) is 13.9. The Labute approximate surface area is 109 Å². The van der Waals surface area contributed by atoms with Crippen molar-refractivity contribution in [1.82, 2.24) is 0 Å². The summed E-state index contributed by atoms with van der Waals surface area (Å²) < 4.78 is 12.0. The van der Waals surface area contributed by atoms with Gasteiger partial charge in [-0.3, -0.25) is 9.59 Å². The third kappa shape index (κ3) is 0.885. The van der Waals surface area contributed by atoms with Crippen molar-refractivity contribution in [3.05, 3.63) is 0 Å². The Kier molecular flexibility index (Phi) is 1.56. The molecule has 1 aliphatic heterocycles. The number of hydrogen-bond donors (Lipinski definition) is 2. The van der Waals surface area contributed by atoms with Gasteiger partial charge in [0.25, 0.3) is 0 Å². The largest absolute Gasteiger partial charge is 0.481 e. The molecule has 0 aromatic rings. The van der Waals surface area contributed by atoms with Crippen molar-refractivity contribution in [2.45, 2.75) is 56.5 Å². The van der Waals surface area contributed by atoms with Gasteiger partial charge >= 0.3 is 11.9 Å². The van der Waals surface area contributed by atoms with Crippen LogP contribution in [0, 0.1) is 10.8 Å². The molecule has 0 aromatic carbocycles. The number of carboxylic acid groups (broad SMARTS) is 2. The van der Waals surface area contributed by atoms with E-state index in [4.69, 9.17) is 9.47 Å². The van der Waals surface area contributed by atoms with E-state index in [2.05, 4.69) is 0 Å². The van der Waals surface area contributed by atoms with E-state index in [0.717, 1.165) is 0 Å². The van der Waals surface area contributed by atoms with Crippen LogP contribution in [-0.4, -0.2) is 39.1 Å². The quantitative estimate of drug-likeness (QED) is 0.775. The lowest BCUT2D eigenvalue weighted by Crippen LogP contribution is -2.44. The van der Waals surface area contributed by atoms with E-state index in [0.29, 0.717) is 0 Å². The van der Waals surface area contributed by atoms with Crippen LogP contribution in [0.4, 0.5) is 0 Å². The lowest BCUT2D eigenvalue weighted by Gasteiger charge is -2.32. The van der Waals surface area contributed by atoms with Crippen molar-refractivity contribution in [3.8, 4) is 0 Å². The van der Waals surface area contributed by atoms with E-state index in [-0.39, 0.29) is 25.7 Å². The summed E-state index contributed by atoms with van der Waals surface area (Å²) in [4.78, 5) is 23.5. The van der Waals surface area contributed by atoms with Crippen molar-refractivity contribution in [3.63, 3.8) is 0 Å². The summed E-state index contributed by atoms with van der Waals surface area (Å²) in [5.41, 5.74) is -3.91. The van der Waals surface area contributed by atoms with E-state index in [1.807, 2.05) is 0 Å². The molecule has 1 saturated heterocycles. The second-order valence-corrected chi connectivity index (χ2v) is 7.07. The third-order valence-corrected chi connectivity index (χ3v) is 5.80. The highest BCUT2D eigenvalue weighted by molar-refractivity contribution is 5.91. The van der Waals surface area contributed by atoms with Gasteiger partial charge in [-0.05, 0) is 39.5 Å². The molecular formula is C13H16O6. The van der Waals surface area contributed by atoms with Crippen LogP contribution in [0.15, 0.2) is 0 Å². The van der Waals surface area contributed by atoms with Crippen molar-refractivity contribution in [2.24, 2.45) is 10.8 Å². The average Bonchev–Trinajstić information content (AvgIpc) is 2.81. The third-order valence-electron chi connectivity index (χ3n) is 5.80. The maximum absolute atomic E-state index is 11.7. The first kappa shape index (κ1) is 11.7. The summed E-state index contributed by atoms with van der Waals surface area (Å²) in [6.45, 7) is 3.60. The molecule has 0 unspecified atom stereocenters.